The Morgan fingerprint density at radius 2 is 2.05 bits per heavy atom. The van der Waals surface area contributed by atoms with Crippen molar-refractivity contribution in [2.75, 3.05) is 11.1 Å². The Hall–Kier alpha value is -2.95. The summed E-state index contributed by atoms with van der Waals surface area (Å²) in [5.41, 5.74) is 10.4. The Morgan fingerprint density at radius 1 is 1.18 bits per heavy atom. The number of nitrogen functional groups attached to an aromatic ring is 1. The van der Waals surface area contributed by atoms with Crippen molar-refractivity contribution in [3.63, 3.8) is 0 Å². The molecule has 0 saturated heterocycles. The zero-order valence-electron chi connectivity index (χ0n) is 12.1. The van der Waals surface area contributed by atoms with Crippen LogP contribution in [0.2, 0.25) is 0 Å². The number of aryl methyl sites for hydroxylation is 1. The van der Waals surface area contributed by atoms with E-state index in [0.717, 1.165) is 33.2 Å². The third-order valence-corrected chi connectivity index (χ3v) is 4.01. The molecule has 0 atom stereocenters. The van der Waals surface area contributed by atoms with Crippen LogP contribution in [0.25, 0.3) is 21.9 Å². The quantitative estimate of drug-likeness (QED) is 0.722. The lowest BCUT2D eigenvalue weighted by molar-refractivity contribution is -0.115. The number of carbonyl (C=O) groups excluding carboxylic acids is 1. The third-order valence-electron chi connectivity index (χ3n) is 4.01. The number of hydrogen-bond donors (Lipinski definition) is 2. The predicted octanol–water partition coefficient (Wildman–Crippen LogP) is 2.68. The summed E-state index contributed by atoms with van der Waals surface area (Å²) in [5, 5.41) is 4.84. The van der Waals surface area contributed by atoms with E-state index in [4.69, 9.17) is 5.73 Å². The molecule has 0 unspecified atom stereocenters. The van der Waals surface area contributed by atoms with Crippen molar-refractivity contribution >= 4 is 28.2 Å². The van der Waals surface area contributed by atoms with Crippen molar-refractivity contribution < 1.29 is 4.79 Å². The van der Waals surface area contributed by atoms with Gasteiger partial charge in [0.15, 0.2) is 0 Å². The van der Waals surface area contributed by atoms with Crippen LogP contribution in [0.5, 0.6) is 0 Å². The summed E-state index contributed by atoms with van der Waals surface area (Å²) in [4.78, 5) is 20.2. The van der Waals surface area contributed by atoms with Gasteiger partial charge in [0, 0.05) is 28.4 Å². The van der Waals surface area contributed by atoms with Crippen molar-refractivity contribution in [1.29, 1.82) is 0 Å². The van der Waals surface area contributed by atoms with Crippen molar-refractivity contribution in [2.24, 2.45) is 0 Å². The minimum absolute atomic E-state index is 0.00467. The van der Waals surface area contributed by atoms with Gasteiger partial charge in [-0.15, -0.1) is 0 Å². The second kappa shape index (κ2) is 4.53. The lowest BCUT2D eigenvalue weighted by Gasteiger charge is -2.09. The molecule has 1 aromatic carbocycles. The molecule has 0 saturated carbocycles. The fourth-order valence-electron chi connectivity index (χ4n) is 2.92. The summed E-state index contributed by atoms with van der Waals surface area (Å²) in [6, 6.07) is 8.06. The maximum atomic E-state index is 11.5. The van der Waals surface area contributed by atoms with Gasteiger partial charge in [-0.05, 0) is 30.0 Å². The van der Waals surface area contributed by atoms with Gasteiger partial charge < -0.3 is 11.1 Å². The highest BCUT2D eigenvalue weighted by Gasteiger charge is 2.21. The number of fused-ring (bicyclic) bond motifs is 3. The number of pyridine rings is 2. The average molecular weight is 290 g/mol. The molecule has 108 valence electrons. The molecule has 0 aliphatic carbocycles. The summed E-state index contributed by atoms with van der Waals surface area (Å²) >= 11 is 0. The molecule has 0 spiro atoms. The summed E-state index contributed by atoms with van der Waals surface area (Å²) < 4.78 is 0. The monoisotopic (exact) mass is 290 g/mol. The number of aromatic nitrogens is 2. The minimum atomic E-state index is -0.00467. The molecule has 2 aromatic heterocycles. The van der Waals surface area contributed by atoms with Crippen LogP contribution in [0.15, 0.2) is 36.7 Å². The number of carbonyl (C=O) groups is 1. The van der Waals surface area contributed by atoms with Crippen LogP contribution in [-0.4, -0.2) is 15.9 Å². The molecule has 5 nitrogen and oxygen atoms in total. The van der Waals surface area contributed by atoms with Gasteiger partial charge in [-0.2, -0.15) is 0 Å². The molecule has 0 radical (unpaired) electrons. The van der Waals surface area contributed by atoms with E-state index in [1.807, 2.05) is 25.1 Å². The predicted molar refractivity (Wildman–Crippen MR) is 86.5 cm³/mol. The first-order valence-electron chi connectivity index (χ1n) is 7.06. The molecule has 3 heterocycles. The highest BCUT2D eigenvalue weighted by Crippen LogP contribution is 2.32. The molecule has 0 bridgehead atoms. The first-order valence-corrected chi connectivity index (χ1v) is 7.06. The molecular formula is C17H14N4O. The van der Waals surface area contributed by atoms with Gasteiger partial charge in [0.1, 0.15) is 5.82 Å². The van der Waals surface area contributed by atoms with Gasteiger partial charge in [0.25, 0.3) is 0 Å². The molecule has 3 aromatic rings. The molecule has 0 fully saturated rings. The van der Waals surface area contributed by atoms with Crippen molar-refractivity contribution in [1.82, 2.24) is 9.97 Å². The van der Waals surface area contributed by atoms with E-state index < -0.39 is 0 Å². The summed E-state index contributed by atoms with van der Waals surface area (Å²) in [6.45, 7) is 1.96. The smallest absolute Gasteiger partial charge is 0.230 e. The second-order valence-electron chi connectivity index (χ2n) is 5.51. The second-order valence-corrected chi connectivity index (χ2v) is 5.51. The molecule has 1 aliphatic heterocycles. The lowest BCUT2D eigenvalue weighted by Crippen LogP contribution is -2.04. The standard InChI is InChI=1S/C17H14N4O/c1-9-14(5-12(18)8-19-9)10-2-3-13-11(4-10)7-20-17-15(13)6-16(22)21-17/h2-5,7-8H,6,18H2,1H3,(H,20,21,22). The number of rotatable bonds is 1. The van der Waals surface area contributed by atoms with Crippen LogP contribution in [0, 0.1) is 6.92 Å². The van der Waals surface area contributed by atoms with Gasteiger partial charge in [-0.3, -0.25) is 9.78 Å². The van der Waals surface area contributed by atoms with E-state index in [9.17, 15) is 4.79 Å². The highest BCUT2D eigenvalue weighted by molar-refractivity contribution is 6.04. The fourth-order valence-corrected chi connectivity index (χ4v) is 2.92. The minimum Gasteiger partial charge on any atom is -0.397 e. The molecule has 1 aliphatic rings. The molecule has 1 amide bonds. The van der Waals surface area contributed by atoms with Crippen LogP contribution in [0.4, 0.5) is 11.5 Å². The Balaban J connectivity index is 1.91. The number of amides is 1. The van der Waals surface area contributed by atoms with Gasteiger partial charge in [-0.1, -0.05) is 12.1 Å². The van der Waals surface area contributed by atoms with Crippen LogP contribution in [0.1, 0.15) is 11.3 Å². The maximum absolute atomic E-state index is 11.5. The normalized spacial score (nSPS) is 13.2. The zero-order chi connectivity index (χ0) is 15.3. The van der Waals surface area contributed by atoms with E-state index >= 15 is 0 Å². The largest absolute Gasteiger partial charge is 0.397 e. The first-order chi connectivity index (χ1) is 10.6. The van der Waals surface area contributed by atoms with E-state index in [1.54, 1.807) is 12.4 Å². The van der Waals surface area contributed by atoms with E-state index in [2.05, 4.69) is 21.4 Å². The summed E-state index contributed by atoms with van der Waals surface area (Å²) in [6.07, 6.45) is 3.84. The number of anilines is 2. The van der Waals surface area contributed by atoms with Gasteiger partial charge >= 0.3 is 0 Å². The Labute approximate surface area is 127 Å². The molecule has 22 heavy (non-hydrogen) atoms. The van der Waals surface area contributed by atoms with Crippen molar-refractivity contribution in [3.05, 3.63) is 47.9 Å². The molecule has 4 rings (SSSR count). The SMILES string of the molecule is Cc1ncc(N)cc1-c1ccc2c3c(ncc2c1)NC(=O)C3. The fraction of sp³-hybridized carbons (Fsp3) is 0.118. The van der Waals surface area contributed by atoms with Gasteiger partial charge in [0.2, 0.25) is 5.91 Å². The Kier molecular flexibility index (Phi) is 2.63. The van der Waals surface area contributed by atoms with Crippen molar-refractivity contribution in [3.8, 4) is 11.1 Å². The summed E-state index contributed by atoms with van der Waals surface area (Å²) in [7, 11) is 0. The number of nitrogens with two attached hydrogens (primary N) is 1. The Bertz CT molecular complexity index is 933. The highest BCUT2D eigenvalue weighted by atomic mass is 16.1. The van der Waals surface area contributed by atoms with Crippen LogP contribution >= 0.6 is 0 Å². The number of benzene rings is 1. The van der Waals surface area contributed by atoms with E-state index in [-0.39, 0.29) is 5.91 Å². The molecule has 5 heteroatoms. The van der Waals surface area contributed by atoms with E-state index in [0.29, 0.717) is 17.9 Å². The van der Waals surface area contributed by atoms with Crippen molar-refractivity contribution in [2.45, 2.75) is 13.3 Å². The zero-order valence-corrected chi connectivity index (χ0v) is 12.1. The first kappa shape index (κ1) is 12.8. The van der Waals surface area contributed by atoms with E-state index in [1.165, 1.54) is 0 Å². The van der Waals surface area contributed by atoms with Crippen LogP contribution in [-0.2, 0) is 11.2 Å². The Morgan fingerprint density at radius 3 is 2.91 bits per heavy atom. The van der Waals surface area contributed by atoms with Crippen LogP contribution < -0.4 is 11.1 Å². The third kappa shape index (κ3) is 1.90. The molecule has 3 N–H and O–H groups in total. The number of nitrogens with zero attached hydrogens (tertiary/aromatic N) is 2. The lowest BCUT2D eigenvalue weighted by atomic mass is 9.98. The average Bonchev–Trinajstić information content (AvgIpc) is 2.90. The maximum Gasteiger partial charge on any atom is 0.230 e. The summed E-state index contributed by atoms with van der Waals surface area (Å²) in [5.74, 6) is 0.669. The molecular weight excluding hydrogens is 276 g/mol. The van der Waals surface area contributed by atoms with Gasteiger partial charge in [0.05, 0.1) is 18.3 Å². The number of hydrogen-bond acceptors (Lipinski definition) is 4. The number of nitrogens with one attached hydrogen (secondary N) is 1. The van der Waals surface area contributed by atoms with Crippen LogP contribution in [0.3, 0.4) is 0 Å². The van der Waals surface area contributed by atoms with Gasteiger partial charge in [-0.25, -0.2) is 4.98 Å². The topological polar surface area (TPSA) is 80.9 Å².